The Kier molecular flexibility index (Phi) is 3.74. The van der Waals surface area contributed by atoms with Crippen LogP contribution in [-0.2, 0) is 6.61 Å². The van der Waals surface area contributed by atoms with E-state index in [4.69, 9.17) is 9.15 Å². The lowest BCUT2D eigenvalue weighted by Gasteiger charge is -2.13. The minimum absolute atomic E-state index is 0.0739. The van der Waals surface area contributed by atoms with Crippen molar-refractivity contribution in [1.29, 1.82) is 0 Å². The molecule has 1 heterocycles. The largest absolute Gasteiger partial charge is 0.492 e. The summed E-state index contributed by atoms with van der Waals surface area (Å²) in [5.41, 5.74) is 1.56. The van der Waals surface area contributed by atoms with Crippen LogP contribution in [0.4, 0.5) is 0 Å². The van der Waals surface area contributed by atoms with Crippen LogP contribution in [0.1, 0.15) is 5.56 Å². The van der Waals surface area contributed by atoms with Crippen molar-refractivity contribution in [3.8, 4) is 23.0 Å². The predicted octanol–water partition coefficient (Wildman–Crippen LogP) is 4.07. The highest BCUT2D eigenvalue weighted by Crippen LogP contribution is 2.40. The van der Waals surface area contributed by atoms with E-state index in [-0.39, 0.29) is 11.6 Å². The molecule has 0 aliphatic heterocycles. The number of aromatic hydroxyl groups is 1. The number of ether oxygens (including phenoxy) is 1. The first kappa shape index (κ1) is 15.1. The first-order chi connectivity index (χ1) is 12.2. The highest BCUT2D eigenvalue weighted by atomic mass is 16.5. The number of rotatable bonds is 4. The minimum atomic E-state index is -0.713. The summed E-state index contributed by atoms with van der Waals surface area (Å²) in [6, 6.07) is 21.1. The van der Waals surface area contributed by atoms with Gasteiger partial charge in [-0.3, -0.25) is 4.98 Å². The number of H-pyrrole nitrogens is 1. The number of aromatic nitrogens is 1. The maximum atomic E-state index is 11.5. The van der Waals surface area contributed by atoms with E-state index in [1.54, 1.807) is 0 Å². The summed E-state index contributed by atoms with van der Waals surface area (Å²) in [6.45, 7) is 0.363. The Morgan fingerprint density at radius 2 is 1.72 bits per heavy atom. The van der Waals surface area contributed by atoms with Gasteiger partial charge in [-0.05, 0) is 22.4 Å². The SMILES string of the molecule is O=c1[nH]c(O)c(-c2c(OCc3ccccc3)ccc3ccccc23)o1. The minimum Gasteiger partial charge on any atom is -0.492 e. The van der Waals surface area contributed by atoms with E-state index in [0.717, 1.165) is 16.3 Å². The fourth-order valence-corrected chi connectivity index (χ4v) is 2.83. The van der Waals surface area contributed by atoms with Gasteiger partial charge in [0.1, 0.15) is 12.4 Å². The van der Waals surface area contributed by atoms with Gasteiger partial charge in [-0.25, -0.2) is 4.79 Å². The number of fused-ring (bicyclic) bond motifs is 1. The number of nitrogens with one attached hydrogen (secondary N) is 1. The molecular formula is C20H15NO4. The number of aromatic amines is 1. The quantitative estimate of drug-likeness (QED) is 0.590. The lowest BCUT2D eigenvalue weighted by molar-refractivity contribution is 0.307. The van der Waals surface area contributed by atoms with Gasteiger partial charge >= 0.3 is 5.76 Å². The average Bonchev–Trinajstić information content (AvgIpc) is 2.98. The van der Waals surface area contributed by atoms with Gasteiger partial charge in [-0.1, -0.05) is 60.7 Å². The molecule has 0 bridgehead atoms. The summed E-state index contributed by atoms with van der Waals surface area (Å²) >= 11 is 0. The molecule has 124 valence electrons. The van der Waals surface area contributed by atoms with E-state index in [0.29, 0.717) is 17.9 Å². The van der Waals surface area contributed by atoms with Gasteiger partial charge in [0.25, 0.3) is 0 Å². The zero-order valence-electron chi connectivity index (χ0n) is 13.2. The summed E-state index contributed by atoms with van der Waals surface area (Å²) in [6.07, 6.45) is 0. The van der Waals surface area contributed by atoms with Crippen LogP contribution in [0.15, 0.2) is 75.9 Å². The van der Waals surface area contributed by atoms with Crippen molar-refractivity contribution >= 4 is 10.8 Å². The highest BCUT2D eigenvalue weighted by Gasteiger charge is 2.19. The Labute approximate surface area is 143 Å². The highest BCUT2D eigenvalue weighted by molar-refractivity contribution is 5.99. The number of oxazole rings is 1. The normalized spacial score (nSPS) is 10.9. The van der Waals surface area contributed by atoms with Gasteiger partial charge < -0.3 is 14.3 Å². The van der Waals surface area contributed by atoms with Gasteiger partial charge in [0.2, 0.25) is 11.6 Å². The molecule has 2 N–H and O–H groups in total. The van der Waals surface area contributed by atoms with Gasteiger partial charge in [0.05, 0.1) is 5.56 Å². The summed E-state index contributed by atoms with van der Waals surface area (Å²) < 4.78 is 11.1. The number of benzene rings is 3. The van der Waals surface area contributed by atoms with Crippen LogP contribution >= 0.6 is 0 Å². The lowest BCUT2D eigenvalue weighted by atomic mass is 10.0. The Balaban J connectivity index is 1.85. The van der Waals surface area contributed by atoms with E-state index in [2.05, 4.69) is 4.98 Å². The van der Waals surface area contributed by atoms with Crippen molar-refractivity contribution in [2.24, 2.45) is 0 Å². The van der Waals surface area contributed by atoms with Crippen molar-refractivity contribution < 1.29 is 14.3 Å². The standard InChI is InChI=1S/C20H15NO4/c22-19-18(25-20(23)21-19)17-15-9-5-4-8-14(15)10-11-16(17)24-12-13-6-2-1-3-7-13/h1-11,22H,12H2,(H,21,23). The van der Waals surface area contributed by atoms with Crippen LogP contribution in [0.25, 0.3) is 22.1 Å². The summed E-state index contributed by atoms with van der Waals surface area (Å²) in [5, 5.41) is 11.8. The molecule has 25 heavy (non-hydrogen) atoms. The van der Waals surface area contributed by atoms with Crippen LogP contribution in [0.3, 0.4) is 0 Å². The molecule has 0 atom stereocenters. The molecule has 5 nitrogen and oxygen atoms in total. The van der Waals surface area contributed by atoms with Gasteiger partial charge in [0, 0.05) is 0 Å². The van der Waals surface area contributed by atoms with Gasteiger partial charge in [-0.2, -0.15) is 0 Å². The molecule has 0 saturated carbocycles. The molecular weight excluding hydrogens is 318 g/mol. The maximum absolute atomic E-state index is 11.5. The van der Waals surface area contributed by atoms with E-state index < -0.39 is 5.76 Å². The second-order valence-electron chi connectivity index (χ2n) is 5.63. The van der Waals surface area contributed by atoms with Crippen LogP contribution < -0.4 is 10.5 Å². The summed E-state index contributed by atoms with van der Waals surface area (Å²) in [5.74, 6) is -0.425. The molecule has 0 amide bonds. The fourth-order valence-electron chi connectivity index (χ4n) is 2.83. The molecule has 0 unspecified atom stereocenters. The molecule has 4 aromatic rings. The lowest BCUT2D eigenvalue weighted by Crippen LogP contribution is -1.97. The molecule has 0 fully saturated rings. The van der Waals surface area contributed by atoms with Crippen molar-refractivity contribution in [3.63, 3.8) is 0 Å². The van der Waals surface area contributed by atoms with E-state index >= 15 is 0 Å². The Morgan fingerprint density at radius 3 is 2.48 bits per heavy atom. The molecule has 0 aliphatic rings. The number of hydrogen-bond acceptors (Lipinski definition) is 4. The topological polar surface area (TPSA) is 75.5 Å². The fraction of sp³-hybridized carbons (Fsp3) is 0.0500. The van der Waals surface area contributed by atoms with Crippen molar-refractivity contribution in [1.82, 2.24) is 4.98 Å². The Hall–Kier alpha value is -3.47. The van der Waals surface area contributed by atoms with Crippen molar-refractivity contribution in [2.45, 2.75) is 6.61 Å². The molecule has 0 spiro atoms. The molecule has 0 radical (unpaired) electrons. The van der Waals surface area contributed by atoms with Crippen LogP contribution in [-0.4, -0.2) is 10.1 Å². The second-order valence-corrected chi connectivity index (χ2v) is 5.63. The second kappa shape index (κ2) is 6.20. The summed E-state index contributed by atoms with van der Waals surface area (Å²) in [4.78, 5) is 13.7. The third-order valence-electron chi connectivity index (χ3n) is 3.99. The smallest absolute Gasteiger partial charge is 0.419 e. The molecule has 4 rings (SSSR count). The van der Waals surface area contributed by atoms with Crippen molar-refractivity contribution in [2.75, 3.05) is 0 Å². The van der Waals surface area contributed by atoms with Crippen LogP contribution in [0.2, 0.25) is 0 Å². The molecule has 0 saturated heterocycles. The first-order valence-corrected chi connectivity index (χ1v) is 7.83. The van der Waals surface area contributed by atoms with E-state index in [9.17, 15) is 9.90 Å². The monoisotopic (exact) mass is 333 g/mol. The first-order valence-electron chi connectivity index (χ1n) is 7.83. The van der Waals surface area contributed by atoms with E-state index in [1.807, 2.05) is 66.7 Å². The van der Waals surface area contributed by atoms with Gasteiger partial charge in [-0.15, -0.1) is 0 Å². The third kappa shape index (κ3) is 2.87. The van der Waals surface area contributed by atoms with Crippen LogP contribution in [0.5, 0.6) is 11.6 Å². The molecule has 3 aromatic carbocycles. The van der Waals surface area contributed by atoms with E-state index in [1.165, 1.54) is 0 Å². The molecule has 0 aliphatic carbocycles. The van der Waals surface area contributed by atoms with Gasteiger partial charge in [0.15, 0.2) is 0 Å². The molecule has 1 aromatic heterocycles. The molecule has 5 heteroatoms. The average molecular weight is 333 g/mol. The Morgan fingerprint density at radius 1 is 0.960 bits per heavy atom. The maximum Gasteiger partial charge on any atom is 0.419 e. The zero-order chi connectivity index (χ0) is 17.2. The third-order valence-corrected chi connectivity index (χ3v) is 3.99. The zero-order valence-corrected chi connectivity index (χ0v) is 13.2. The number of hydrogen-bond donors (Lipinski definition) is 2. The predicted molar refractivity (Wildman–Crippen MR) is 94.7 cm³/mol. The Bertz CT molecular complexity index is 1080. The summed E-state index contributed by atoms with van der Waals surface area (Å²) in [7, 11) is 0. The van der Waals surface area contributed by atoms with Crippen molar-refractivity contribution in [3.05, 3.63) is 82.8 Å². The van der Waals surface area contributed by atoms with Crippen LogP contribution in [0, 0.1) is 0 Å².